The lowest BCUT2D eigenvalue weighted by Crippen LogP contribution is -2.41. The summed E-state index contributed by atoms with van der Waals surface area (Å²) in [6.07, 6.45) is 5.05. The third-order valence-electron chi connectivity index (χ3n) is 5.50. The van der Waals surface area contributed by atoms with Gasteiger partial charge < -0.3 is 14.8 Å². The Hall–Kier alpha value is -2.30. The molecule has 2 aromatic carbocycles. The highest BCUT2D eigenvalue weighted by molar-refractivity contribution is 5.50. The normalized spacial score (nSPS) is 15.2. The third kappa shape index (κ3) is 6.09. The maximum atomic E-state index is 5.82. The summed E-state index contributed by atoms with van der Waals surface area (Å²) in [5.41, 5.74) is 3.76. The summed E-state index contributed by atoms with van der Waals surface area (Å²) < 4.78 is 11.4. The maximum absolute atomic E-state index is 5.82. The average molecular weight is 395 g/mol. The lowest BCUT2D eigenvalue weighted by atomic mass is 10.0. The van der Waals surface area contributed by atoms with E-state index in [1.165, 1.54) is 24.0 Å². The fourth-order valence-electron chi connectivity index (χ4n) is 3.99. The van der Waals surface area contributed by atoms with Crippen LogP contribution >= 0.6 is 0 Å². The Morgan fingerprint density at radius 3 is 2.55 bits per heavy atom. The van der Waals surface area contributed by atoms with Gasteiger partial charge in [-0.25, -0.2) is 0 Å². The van der Waals surface area contributed by atoms with E-state index < -0.39 is 0 Å². The molecule has 3 rings (SSSR count). The number of likely N-dealkylation sites (tertiary alicyclic amines) is 1. The first-order valence-electron chi connectivity index (χ1n) is 10.7. The van der Waals surface area contributed by atoms with Gasteiger partial charge in [-0.3, -0.25) is 4.90 Å². The van der Waals surface area contributed by atoms with Gasteiger partial charge in [0.25, 0.3) is 0 Å². The van der Waals surface area contributed by atoms with Crippen molar-refractivity contribution >= 4 is 0 Å². The van der Waals surface area contributed by atoms with Gasteiger partial charge in [0.15, 0.2) is 11.5 Å². The molecule has 1 heterocycles. The van der Waals surface area contributed by atoms with Crippen LogP contribution < -0.4 is 14.8 Å². The second kappa shape index (κ2) is 11.0. The van der Waals surface area contributed by atoms with Gasteiger partial charge in [-0.1, -0.05) is 42.5 Å². The Kier molecular flexibility index (Phi) is 8.14. The van der Waals surface area contributed by atoms with Crippen molar-refractivity contribution in [2.75, 3.05) is 26.8 Å². The van der Waals surface area contributed by atoms with Crippen molar-refractivity contribution in [3.63, 3.8) is 0 Å². The highest BCUT2D eigenvalue weighted by atomic mass is 16.5. The molecule has 1 aliphatic rings. The SMILES string of the molecule is C=CCc1cc(CNC2CCN(Cc3ccccc3)CC2)cc(OC)c1OCC. The molecule has 0 radical (unpaired) electrons. The van der Waals surface area contributed by atoms with Gasteiger partial charge >= 0.3 is 0 Å². The van der Waals surface area contributed by atoms with Gasteiger partial charge in [0.2, 0.25) is 0 Å². The van der Waals surface area contributed by atoms with Crippen LogP contribution in [0, 0.1) is 0 Å². The number of allylic oxidation sites excluding steroid dienone is 1. The van der Waals surface area contributed by atoms with Gasteiger partial charge in [-0.2, -0.15) is 0 Å². The summed E-state index contributed by atoms with van der Waals surface area (Å²) in [5, 5.41) is 3.75. The van der Waals surface area contributed by atoms with Crippen LogP contribution in [-0.4, -0.2) is 37.7 Å². The number of piperidine rings is 1. The van der Waals surface area contributed by atoms with Gasteiger partial charge in [0.05, 0.1) is 13.7 Å². The molecule has 4 heteroatoms. The Labute approximate surface area is 175 Å². The van der Waals surface area contributed by atoms with Crippen LogP contribution in [0.2, 0.25) is 0 Å². The standard InChI is InChI=1S/C25H34N2O2/c1-4-9-22-16-21(17-24(28-3)25(22)29-5-2)18-26-23-12-14-27(15-13-23)19-20-10-7-6-8-11-20/h4,6-8,10-11,16-17,23,26H,1,5,9,12-15,18-19H2,2-3H3. The fourth-order valence-corrected chi connectivity index (χ4v) is 3.99. The van der Waals surface area contributed by atoms with Crippen LogP contribution in [0.5, 0.6) is 11.5 Å². The lowest BCUT2D eigenvalue weighted by molar-refractivity contribution is 0.190. The average Bonchev–Trinajstić information content (AvgIpc) is 2.75. The molecule has 0 unspecified atom stereocenters. The topological polar surface area (TPSA) is 33.7 Å². The van der Waals surface area contributed by atoms with Gasteiger partial charge in [-0.15, -0.1) is 6.58 Å². The molecule has 1 aliphatic heterocycles. The molecule has 0 saturated carbocycles. The summed E-state index contributed by atoms with van der Waals surface area (Å²) in [4.78, 5) is 2.55. The quantitative estimate of drug-likeness (QED) is 0.598. The highest BCUT2D eigenvalue weighted by Crippen LogP contribution is 2.33. The second-order valence-electron chi connectivity index (χ2n) is 7.63. The molecule has 156 valence electrons. The molecule has 4 nitrogen and oxygen atoms in total. The zero-order valence-electron chi connectivity index (χ0n) is 17.8. The highest BCUT2D eigenvalue weighted by Gasteiger charge is 2.19. The van der Waals surface area contributed by atoms with Crippen LogP contribution in [0.15, 0.2) is 55.1 Å². The molecule has 0 bridgehead atoms. The molecule has 0 aromatic heterocycles. The van der Waals surface area contributed by atoms with E-state index in [1.54, 1.807) is 7.11 Å². The molecule has 1 saturated heterocycles. The van der Waals surface area contributed by atoms with E-state index in [-0.39, 0.29) is 0 Å². The zero-order valence-corrected chi connectivity index (χ0v) is 17.8. The molecule has 0 amide bonds. The van der Waals surface area contributed by atoms with Crippen LogP contribution in [0.25, 0.3) is 0 Å². The largest absolute Gasteiger partial charge is 0.493 e. The summed E-state index contributed by atoms with van der Waals surface area (Å²) in [6, 6.07) is 15.6. The summed E-state index contributed by atoms with van der Waals surface area (Å²) >= 11 is 0. The van der Waals surface area contributed by atoms with Crippen molar-refractivity contribution in [3.8, 4) is 11.5 Å². The van der Waals surface area contributed by atoms with Crippen molar-refractivity contribution in [3.05, 3.63) is 71.8 Å². The molecule has 0 aliphatic carbocycles. The van der Waals surface area contributed by atoms with E-state index in [2.05, 4.69) is 59.3 Å². The number of rotatable bonds is 10. The van der Waals surface area contributed by atoms with Crippen LogP contribution in [0.1, 0.15) is 36.5 Å². The number of nitrogens with zero attached hydrogens (tertiary/aromatic N) is 1. The molecule has 2 aromatic rings. The van der Waals surface area contributed by atoms with Gasteiger partial charge in [-0.05, 0) is 56.5 Å². The Morgan fingerprint density at radius 2 is 1.90 bits per heavy atom. The van der Waals surface area contributed by atoms with Crippen molar-refractivity contribution in [1.29, 1.82) is 0 Å². The molecule has 1 fully saturated rings. The summed E-state index contributed by atoms with van der Waals surface area (Å²) in [7, 11) is 1.70. The van der Waals surface area contributed by atoms with E-state index in [4.69, 9.17) is 9.47 Å². The second-order valence-corrected chi connectivity index (χ2v) is 7.63. The lowest BCUT2D eigenvalue weighted by Gasteiger charge is -2.32. The Bertz CT molecular complexity index is 768. The van der Waals surface area contributed by atoms with Gasteiger partial charge in [0.1, 0.15) is 0 Å². The Morgan fingerprint density at radius 1 is 1.14 bits per heavy atom. The molecule has 1 N–H and O–H groups in total. The number of hydrogen-bond donors (Lipinski definition) is 1. The fraction of sp³-hybridized carbons (Fsp3) is 0.440. The Balaban J connectivity index is 1.54. The van der Waals surface area contributed by atoms with Crippen LogP contribution in [-0.2, 0) is 19.5 Å². The van der Waals surface area contributed by atoms with E-state index >= 15 is 0 Å². The third-order valence-corrected chi connectivity index (χ3v) is 5.50. The zero-order chi connectivity index (χ0) is 20.5. The van der Waals surface area contributed by atoms with Crippen LogP contribution in [0.3, 0.4) is 0 Å². The van der Waals surface area contributed by atoms with Gasteiger partial charge in [0, 0.05) is 24.7 Å². The summed E-state index contributed by atoms with van der Waals surface area (Å²) in [5.74, 6) is 1.65. The van der Waals surface area contributed by atoms with Crippen molar-refractivity contribution in [1.82, 2.24) is 10.2 Å². The predicted molar refractivity (Wildman–Crippen MR) is 120 cm³/mol. The minimum Gasteiger partial charge on any atom is -0.493 e. The maximum Gasteiger partial charge on any atom is 0.164 e. The number of hydrogen-bond acceptors (Lipinski definition) is 4. The van der Waals surface area contributed by atoms with E-state index in [1.807, 2.05) is 13.0 Å². The first-order chi connectivity index (χ1) is 14.2. The van der Waals surface area contributed by atoms with Crippen LogP contribution in [0.4, 0.5) is 0 Å². The number of ether oxygens (including phenoxy) is 2. The van der Waals surface area contributed by atoms with E-state index in [0.717, 1.165) is 49.7 Å². The monoisotopic (exact) mass is 394 g/mol. The minimum absolute atomic E-state index is 0.558. The smallest absolute Gasteiger partial charge is 0.164 e. The molecule has 0 atom stereocenters. The van der Waals surface area contributed by atoms with Crippen molar-refractivity contribution in [2.45, 2.75) is 45.3 Å². The van der Waals surface area contributed by atoms with Crippen molar-refractivity contribution in [2.24, 2.45) is 0 Å². The van der Waals surface area contributed by atoms with E-state index in [9.17, 15) is 0 Å². The predicted octanol–water partition coefficient (Wildman–Crippen LogP) is 4.58. The molecular weight excluding hydrogens is 360 g/mol. The number of nitrogens with one attached hydrogen (secondary N) is 1. The van der Waals surface area contributed by atoms with Crippen molar-refractivity contribution < 1.29 is 9.47 Å². The van der Waals surface area contributed by atoms with E-state index in [0.29, 0.717) is 12.6 Å². The molecular formula is C25H34N2O2. The first kappa shape index (κ1) is 21.4. The number of methoxy groups -OCH3 is 1. The first-order valence-corrected chi connectivity index (χ1v) is 10.7. The minimum atomic E-state index is 0.558. The molecule has 0 spiro atoms. The summed E-state index contributed by atoms with van der Waals surface area (Å²) in [6.45, 7) is 10.7. The number of benzene rings is 2. The molecule has 29 heavy (non-hydrogen) atoms.